The molecule has 2 aromatic carbocycles. The molecule has 1 aromatic heterocycles. The number of hydrogen-bond donors (Lipinski definition) is 1. The van der Waals surface area contributed by atoms with Crippen LogP contribution in [0.4, 0.5) is 5.69 Å². The standard InChI is InChI=1S/C25H28N2O3/c1-6-20-23(16(2)19-9-7-8-10-21(19)27-20)24(29)30-15-22(28)26-18-13-11-17(12-14-18)25(3,4)5/h7-14H,6,15H2,1-5H3,(H,26,28). The number of amides is 1. The highest BCUT2D eigenvalue weighted by molar-refractivity contribution is 6.00. The number of rotatable bonds is 5. The van der Waals surface area contributed by atoms with Crippen LogP contribution in [-0.2, 0) is 21.4 Å². The van der Waals surface area contributed by atoms with Crippen molar-refractivity contribution < 1.29 is 14.3 Å². The summed E-state index contributed by atoms with van der Waals surface area (Å²) in [5.41, 5.74) is 4.68. The smallest absolute Gasteiger partial charge is 0.340 e. The summed E-state index contributed by atoms with van der Waals surface area (Å²) < 4.78 is 5.32. The Kier molecular flexibility index (Phi) is 6.20. The van der Waals surface area contributed by atoms with E-state index < -0.39 is 5.97 Å². The molecule has 156 valence electrons. The molecule has 0 spiro atoms. The van der Waals surface area contributed by atoms with Crippen LogP contribution in [0.2, 0.25) is 0 Å². The minimum Gasteiger partial charge on any atom is -0.452 e. The summed E-state index contributed by atoms with van der Waals surface area (Å²) >= 11 is 0. The van der Waals surface area contributed by atoms with Crippen LogP contribution in [0.15, 0.2) is 48.5 Å². The predicted octanol–water partition coefficient (Wildman–Crippen LogP) is 5.20. The van der Waals surface area contributed by atoms with Crippen molar-refractivity contribution in [3.8, 4) is 0 Å². The van der Waals surface area contributed by atoms with E-state index in [4.69, 9.17) is 4.74 Å². The van der Waals surface area contributed by atoms with Crippen molar-refractivity contribution in [1.82, 2.24) is 4.98 Å². The second-order valence-corrected chi connectivity index (χ2v) is 8.38. The number of aryl methyl sites for hydroxylation is 2. The number of aromatic nitrogens is 1. The maximum Gasteiger partial charge on any atom is 0.340 e. The Morgan fingerprint density at radius 1 is 1.03 bits per heavy atom. The first-order chi connectivity index (χ1) is 14.2. The van der Waals surface area contributed by atoms with E-state index in [0.29, 0.717) is 23.4 Å². The van der Waals surface area contributed by atoms with Gasteiger partial charge in [-0.3, -0.25) is 9.78 Å². The molecule has 1 heterocycles. The van der Waals surface area contributed by atoms with Crippen LogP contribution < -0.4 is 5.32 Å². The largest absolute Gasteiger partial charge is 0.452 e. The molecule has 0 saturated carbocycles. The molecule has 3 rings (SSSR count). The number of para-hydroxylation sites is 1. The normalized spacial score (nSPS) is 11.4. The topological polar surface area (TPSA) is 68.3 Å². The van der Waals surface area contributed by atoms with E-state index in [1.54, 1.807) is 0 Å². The number of fused-ring (bicyclic) bond motifs is 1. The number of benzene rings is 2. The average molecular weight is 405 g/mol. The molecular weight excluding hydrogens is 376 g/mol. The van der Waals surface area contributed by atoms with Crippen LogP contribution in [0.3, 0.4) is 0 Å². The Morgan fingerprint density at radius 3 is 2.33 bits per heavy atom. The van der Waals surface area contributed by atoms with E-state index in [1.165, 1.54) is 5.56 Å². The molecule has 0 saturated heterocycles. The minimum atomic E-state index is -0.527. The zero-order chi connectivity index (χ0) is 21.9. The molecule has 0 fully saturated rings. The number of carbonyl (C=O) groups is 2. The lowest BCUT2D eigenvalue weighted by Gasteiger charge is -2.19. The average Bonchev–Trinajstić information content (AvgIpc) is 2.71. The molecule has 5 heteroatoms. The van der Waals surface area contributed by atoms with Gasteiger partial charge in [0.05, 0.1) is 16.8 Å². The van der Waals surface area contributed by atoms with Crippen molar-refractivity contribution in [3.05, 3.63) is 70.9 Å². The first-order valence-electron chi connectivity index (χ1n) is 10.2. The summed E-state index contributed by atoms with van der Waals surface area (Å²) in [6.07, 6.45) is 0.600. The van der Waals surface area contributed by atoms with Crippen molar-refractivity contribution in [3.63, 3.8) is 0 Å². The van der Waals surface area contributed by atoms with E-state index in [1.807, 2.05) is 62.4 Å². The maximum atomic E-state index is 12.8. The Hall–Kier alpha value is -3.21. The van der Waals surface area contributed by atoms with Crippen LogP contribution >= 0.6 is 0 Å². The lowest BCUT2D eigenvalue weighted by Crippen LogP contribution is -2.22. The van der Waals surface area contributed by atoms with Gasteiger partial charge in [-0.1, -0.05) is 58.0 Å². The van der Waals surface area contributed by atoms with Gasteiger partial charge >= 0.3 is 5.97 Å². The van der Waals surface area contributed by atoms with Crippen molar-refractivity contribution in [1.29, 1.82) is 0 Å². The van der Waals surface area contributed by atoms with Crippen molar-refractivity contribution in [2.75, 3.05) is 11.9 Å². The van der Waals surface area contributed by atoms with Gasteiger partial charge in [-0.15, -0.1) is 0 Å². The lowest BCUT2D eigenvalue weighted by molar-refractivity contribution is -0.119. The molecule has 0 radical (unpaired) electrons. The first kappa shape index (κ1) is 21.5. The molecule has 1 N–H and O–H groups in total. The molecule has 0 aliphatic rings. The molecule has 0 aliphatic carbocycles. The van der Waals surface area contributed by atoms with Gasteiger partial charge in [-0.05, 0) is 48.1 Å². The van der Waals surface area contributed by atoms with E-state index in [2.05, 4.69) is 31.1 Å². The number of carbonyl (C=O) groups excluding carboxylic acids is 2. The monoisotopic (exact) mass is 404 g/mol. The van der Waals surface area contributed by atoms with Crippen LogP contribution in [0.1, 0.15) is 54.9 Å². The third kappa shape index (κ3) is 4.67. The van der Waals surface area contributed by atoms with E-state index in [-0.39, 0.29) is 17.9 Å². The minimum absolute atomic E-state index is 0.0425. The number of nitrogens with one attached hydrogen (secondary N) is 1. The number of ether oxygens (including phenoxy) is 1. The summed E-state index contributed by atoms with van der Waals surface area (Å²) in [4.78, 5) is 29.6. The fraction of sp³-hybridized carbons (Fsp3) is 0.320. The predicted molar refractivity (Wildman–Crippen MR) is 120 cm³/mol. The summed E-state index contributed by atoms with van der Waals surface area (Å²) in [6, 6.07) is 15.4. The Balaban J connectivity index is 1.69. The molecule has 0 atom stereocenters. The SMILES string of the molecule is CCc1nc2ccccc2c(C)c1C(=O)OCC(=O)Nc1ccc(C(C)(C)C)cc1. The van der Waals surface area contributed by atoms with Crippen molar-refractivity contribution in [2.45, 2.75) is 46.5 Å². The van der Waals surface area contributed by atoms with E-state index in [0.717, 1.165) is 16.5 Å². The zero-order valence-electron chi connectivity index (χ0n) is 18.2. The Morgan fingerprint density at radius 2 is 1.70 bits per heavy atom. The molecule has 30 heavy (non-hydrogen) atoms. The molecule has 1 amide bonds. The maximum absolute atomic E-state index is 12.8. The van der Waals surface area contributed by atoms with Gasteiger partial charge in [0.25, 0.3) is 5.91 Å². The van der Waals surface area contributed by atoms with Crippen LogP contribution in [0.5, 0.6) is 0 Å². The fourth-order valence-corrected chi connectivity index (χ4v) is 3.42. The third-order valence-electron chi connectivity index (χ3n) is 5.14. The van der Waals surface area contributed by atoms with Gasteiger partial charge in [0.15, 0.2) is 6.61 Å². The molecule has 0 unspecified atom stereocenters. The third-order valence-corrected chi connectivity index (χ3v) is 5.14. The summed E-state index contributed by atoms with van der Waals surface area (Å²) in [5, 5.41) is 3.68. The van der Waals surface area contributed by atoms with Gasteiger partial charge in [0.2, 0.25) is 0 Å². The number of esters is 1. The Bertz CT molecular complexity index is 1080. The summed E-state index contributed by atoms with van der Waals surface area (Å²) in [7, 11) is 0. The highest BCUT2D eigenvalue weighted by Crippen LogP contribution is 2.25. The van der Waals surface area contributed by atoms with Crippen molar-refractivity contribution >= 4 is 28.5 Å². The van der Waals surface area contributed by atoms with Crippen LogP contribution in [0.25, 0.3) is 10.9 Å². The number of anilines is 1. The zero-order valence-corrected chi connectivity index (χ0v) is 18.2. The molecule has 0 bridgehead atoms. The molecule has 3 aromatic rings. The number of pyridine rings is 1. The second kappa shape index (κ2) is 8.66. The summed E-state index contributed by atoms with van der Waals surface area (Å²) in [5.74, 6) is -0.905. The summed E-state index contributed by atoms with van der Waals surface area (Å²) in [6.45, 7) is 9.88. The van der Waals surface area contributed by atoms with Crippen LogP contribution in [0, 0.1) is 6.92 Å². The fourth-order valence-electron chi connectivity index (χ4n) is 3.42. The molecule has 0 aliphatic heterocycles. The van der Waals surface area contributed by atoms with Gasteiger partial charge in [-0.25, -0.2) is 4.79 Å². The van der Waals surface area contributed by atoms with Crippen molar-refractivity contribution in [2.24, 2.45) is 0 Å². The Labute approximate surface area is 177 Å². The highest BCUT2D eigenvalue weighted by Gasteiger charge is 2.20. The second-order valence-electron chi connectivity index (χ2n) is 8.38. The quantitative estimate of drug-likeness (QED) is 0.594. The first-order valence-corrected chi connectivity index (χ1v) is 10.2. The lowest BCUT2D eigenvalue weighted by atomic mass is 9.87. The van der Waals surface area contributed by atoms with E-state index in [9.17, 15) is 9.59 Å². The highest BCUT2D eigenvalue weighted by atomic mass is 16.5. The van der Waals surface area contributed by atoms with Gasteiger partial charge < -0.3 is 10.1 Å². The van der Waals surface area contributed by atoms with Gasteiger partial charge in [0.1, 0.15) is 0 Å². The van der Waals surface area contributed by atoms with Crippen LogP contribution in [-0.4, -0.2) is 23.5 Å². The molecular formula is C25H28N2O3. The molecule has 5 nitrogen and oxygen atoms in total. The number of nitrogens with zero attached hydrogens (tertiary/aromatic N) is 1. The van der Waals surface area contributed by atoms with Gasteiger partial charge in [0, 0.05) is 11.1 Å². The number of hydrogen-bond acceptors (Lipinski definition) is 4. The van der Waals surface area contributed by atoms with E-state index >= 15 is 0 Å². The van der Waals surface area contributed by atoms with Gasteiger partial charge in [-0.2, -0.15) is 0 Å².